The number of aryl methyl sites for hydroxylation is 1. The Balaban J connectivity index is 1.60. The maximum absolute atomic E-state index is 12.7. The third-order valence-corrected chi connectivity index (χ3v) is 7.39. The predicted octanol–water partition coefficient (Wildman–Crippen LogP) is 4.97. The van der Waals surface area contributed by atoms with E-state index in [-0.39, 0.29) is 21.4 Å². The van der Waals surface area contributed by atoms with Crippen LogP contribution < -0.4 is 14.9 Å². The quantitative estimate of drug-likeness (QED) is 0.165. The summed E-state index contributed by atoms with van der Waals surface area (Å²) >= 11 is 11.8. The van der Waals surface area contributed by atoms with E-state index in [9.17, 15) is 18.0 Å². The summed E-state index contributed by atoms with van der Waals surface area (Å²) in [7, 11) is -3.90. The summed E-state index contributed by atoms with van der Waals surface area (Å²) in [6.45, 7) is 5.30. The van der Waals surface area contributed by atoms with Crippen molar-refractivity contribution in [1.29, 1.82) is 0 Å². The highest BCUT2D eigenvalue weighted by Crippen LogP contribution is 2.23. The van der Waals surface area contributed by atoms with E-state index in [1.807, 2.05) is 6.92 Å². The molecule has 0 aromatic heterocycles. The van der Waals surface area contributed by atoms with Crippen molar-refractivity contribution in [2.75, 3.05) is 0 Å². The van der Waals surface area contributed by atoms with E-state index in [4.69, 9.17) is 27.9 Å². The van der Waals surface area contributed by atoms with Gasteiger partial charge in [0.25, 0.3) is 5.91 Å². The number of hydrogen-bond acceptors (Lipinski definition) is 6. The number of nitrogens with one attached hydrogen (secondary N) is 2. The molecule has 0 saturated heterocycles. The molecule has 0 fully saturated rings. The SMILES string of the molecule is Cc1ccc(S(=O)(=O)N[C@H](C(=O)N/N=C\c2ccc(OC(=O)c3ccc(Cl)c(Cl)c3)cc2)C(C)C)cc1. The molecule has 3 aromatic rings. The Morgan fingerprint density at radius 1 is 0.946 bits per heavy atom. The van der Waals surface area contributed by atoms with Gasteiger partial charge in [-0.3, -0.25) is 4.79 Å². The first kappa shape index (κ1) is 28.3. The van der Waals surface area contributed by atoms with Crippen LogP contribution >= 0.6 is 23.2 Å². The highest BCUT2D eigenvalue weighted by Gasteiger charge is 2.28. The number of nitrogens with zero attached hydrogens (tertiary/aromatic N) is 1. The molecular formula is C26H25Cl2N3O5S. The molecule has 0 saturated carbocycles. The number of hydrazone groups is 1. The molecule has 1 atom stereocenters. The fourth-order valence-electron chi connectivity index (χ4n) is 3.10. The van der Waals surface area contributed by atoms with Crippen LogP contribution in [-0.4, -0.2) is 32.6 Å². The molecule has 0 bridgehead atoms. The number of halogens is 2. The van der Waals surface area contributed by atoms with E-state index in [1.54, 1.807) is 50.2 Å². The van der Waals surface area contributed by atoms with Gasteiger partial charge in [0.05, 0.1) is 26.7 Å². The highest BCUT2D eigenvalue weighted by atomic mass is 35.5. The van der Waals surface area contributed by atoms with Gasteiger partial charge in [-0.15, -0.1) is 0 Å². The largest absolute Gasteiger partial charge is 0.423 e. The summed E-state index contributed by atoms with van der Waals surface area (Å²) in [6, 6.07) is 16.1. The molecule has 0 heterocycles. The number of esters is 1. The average Bonchev–Trinajstić information content (AvgIpc) is 2.85. The summed E-state index contributed by atoms with van der Waals surface area (Å²) in [5, 5.41) is 4.49. The second-order valence-electron chi connectivity index (χ2n) is 8.48. The van der Waals surface area contributed by atoms with Crippen molar-refractivity contribution >= 4 is 51.3 Å². The van der Waals surface area contributed by atoms with Crippen LogP contribution in [0.4, 0.5) is 0 Å². The number of rotatable bonds is 9. The molecule has 37 heavy (non-hydrogen) atoms. The third kappa shape index (κ3) is 7.87. The lowest BCUT2D eigenvalue weighted by Gasteiger charge is -2.20. The number of ether oxygens (including phenoxy) is 1. The first-order valence-corrected chi connectivity index (χ1v) is 13.4. The molecule has 0 unspecified atom stereocenters. The standard InChI is InChI=1S/C26H25Cl2N3O5S/c1-16(2)24(31-37(34,35)21-11-4-17(3)5-12-21)25(32)30-29-15-18-6-9-20(10-7-18)36-26(33)19-8-13-22(27)23(28)14-19/h4-16,24,31H,1-3H3,(H,30,32)/b29-15-/t24-/m0/s1. The van der Waals surface area contributed by atoms with Gasteiger partial charge in [0.2, 0.25) is 10.0 Å². The Morgan fingerprint density at radius 2 is 1.59 bits per heavy atom. The van der Waals surface area contributed by atoms with Crippen LogP contribution in [0.5, 0.6) is 5.75 Å². The zero-order chi connectivity index (χ0) is 27.2. The number of hydrogen-bond donors (Lipinski definition) is 2. The summed E-state index contributed by atoms with van der Waals surface area (Å²) in [5.41, 5.74) is 4.15. The monoisotopic (exact) mass is 561 g/mol. The molecule has 0 aliphatic rings. The van der Waals surface area contributed by atoms with Gasteiger partial charge in [-0.2, -0.15) is 9.82 Å². The summed E-state index contributed by atoms with van der Waals surface area (Å²) in [4.78, 5) is 25.0. The third-order valence-electron chi connectivity index (χ3n) is 5.20. The van der Waals surface area contributed by atoms with Crippen LogP contribution in [0, 0.1) is 12.8 Å². The van der Waals surface area contributed by atoms with Crippen molar-refractivity contribution in [1.82, 2.24) is 10.1 Å². The van der Waals surface area contributed by atoms with Crippen molar-refractivity contribution in [3.63, 3.8) is 0 Å². The molecule has 3 aromatic carbocycles. The van der Waals surface area contributed by atoms with Crippen molar-refractivity contribution in [2.45, 2.75) is 31.7 Å². The Hall–Kier alpha value is -3.24. The molecule has 194 valence electrons. The second-order valence-corrected chi connectivity index (χ2v) is 11.0. The second kappa shape index (κ2) is 12.3. The van der Waals surface area contributed by atoms with Gasteiger partial charge >= 0.3 is 5.97 Å². The zero-order valence-corrected chi connectivity index (χ0v) is 22.6. The zero-order valence-electron chi connectivity index (χ0n) is 20.2. The van der Waals surface area contributed by atoms with Gasteiger partial charge in [0, 0.05) is 0 Å². The van der Waals surface area contributed by atoms with Crippen LogP contribution in [0.15, 0.2) is 76.7 Å². The topological polar surface area (TPSA) is 114 Å². The number of benzene rings is 3. The lowest BCUT2D eigenvalue weighted by Crippen LogP contribution is -2.48. The average molecular weight is 562 g/mol. The van der Waals surface area contributed by atoms with Crippen LogP contribution in [-0.2, 0) is 14.8 Å². The van der Waals surface area contributed by atoms with Gasteiger partial charge in [0.15, 0.2) is 0 Å². The van der Waals surface area contributed by atoms with Crippen molar-refractivity contribution in [3.05, 3.63) is 93.5 Å². The molecular weight excluding hydrogens is 537 g/mol. The number of sulfonamides is 1. The molecule has 3 rings (SSSR count). The normalized spacial score (nSPS) is 12.5. The lowest BCUT2D eigenvalue weighted by molar-refractivity contribution is -0.123. The lowest BCUT2D eigenvalue weighted by atomic mass is 10.1. The molecule has 0 spiro atoms. The van der Waals surface area contributed by atoms with Crippen LogP contribution in [0.3, 0.4) is 0 Å². The van der Waals surface area contributed by atoms with Gasteiger partial charge in [-0.1, -0.05) is 54.7 Å². The van der Waals surface area contributed by atoms with E-state index in [0.717, 1.165) is 5.56 Å². The summed E-state index contributed by atoms with van der Waals surface area (Å²) in [5.74, 6) is -1.24. The molecule has 0 aliphatic heterocycles. The first-order valence-electron chi connectivity index (χ1n) is 11.2. The van der Waals surface area contributed by atoms with E-state index in [0.29, 0.717) is 16.3 Å². The molecule has 0 radical (unpaired) electrons. The summed E-state index contributed by atoms with van der Waals surface area (Å²) in [6.07, 6.45) is 1.38. The fourth-order valence-corrected chi connectivity index (χ4v) is 4.74. The molecule has 1 amide bonds. The van der Waals surface area contributed by atoms with Crippen LogP contribution in [0.25, 0.3) is 0 Å². The van der Waals surface area contributed by atoms with Gasteiger partial charge in [0.1, 0.15) is 11.8 Å². The number of carbonyl (C=O) groups is 2. The molecule has 0 aliphatic carbocycles. The van der Waals surface area contributed by atoms with Gasteiger partial charge in [-0.25, -0.2) is 18.6 Å². The summed E-state index contributed by atoms with van der Waals surface area (Å²) < 4.78 is 33.2. The number of carbonyl (C=O) groups excluding carboxylic acids is 2. The minimum atomic E-state index is -3.90. The Bertz CT molecular complexity index is 1410. The van der Waals surface area contributed by atoms with Gasteiger partial charge < -0.3 is 4.74 Å². The Labute approximate surface area is 225 Å². The minimum Gasteiger partial charge on any atom is -0.423 e. The maximum Gasteiger partial charge on any atom is 0.343 e. The number of amides is 1. The Morgan fingerprint density at radius 3 is 2.19 bits per heavy atom. The highest BCUT2D eigenvalue weighted by molar-refractivity contribution is 7.89. The molecule has 2 N–H and O–H groups in total. The maximum atomic E-state index is 12.7. The van der Waals surface area contributed by atoms with Crippen LogP contribution in [0.2, 0.25) is 10.0 Å². The van der Waals surface area contributed by atoms with E-state index < -0.39 is 27.9 Å². The van der Waals surface area contributed by atoms with E-state index in [2.05, 4.69) is 15.2 Å². The fraction of sp³-hybridized carbons (Fsp3) is 0.192. The van der Waals surface area contributed by atoms with Crippen molar-refractivity contribution < 1.29 is 22.7 Å². The van der Waals surface area contributed by atoms with Crippen molar-refractivity contribution in [2.24, 2.45) is 11.0 Å². The van der Waals surface area contributed by atoms with E-state index >= 15 is 0 Å². The Kier molecular flexibility index (Phi) is 9.45. The van der Waals surface area contributed by atoms with Crippen molar-refractivity contribution in [3.8, 4) is 5.75 Å². The minimum absolute atomic E-state index is 0.0694. The van der Waals surface area contributed by atoms with Crippen LogP contribution in [0.1, 0.15) is 35.3 Å². The first-order chi connectivity index (χ1) is 17.5. The molecule has 11 heteroatoms. The smallest absolute Gasteiger partial charge is 0.343 e. The van der Waals surface area contributed by atoms with E-state index in [1.165, 1.54) is 36.5 Å². The predicted molar refractivity (Wildman–Crippen MR) is 144 cm³/mol. The van der Waals surface area contributed by atoms with Gasteiger partial charge in [-0.05, 0) is 73.0 Å². The molecule has 8 nitrogen and oxygen atoms in total.